The second kappa shape index (κ2) is 11.7. The Bertz CT molecular complexity index is 1460. The summed E-state index contributed by atoms with van der Waals surface area (Å²) in [5.74, 6) is 5.75. The van der Waals surface area contributed by atoms with Gasteiger partial charge in [0.1, 0.15) is 12.4 Å². The van der Waals surface area contributed by atoms with Crippen molar-refractivity contribution in [2.45, 2.75) is 19.4 Å². The molecule has 1 aromatic carbocycles. The van der Waals surface area contributed by atoms with Crippen LogP contribution in [-0.2, 0) is 16.0 Å². The second-order valence-electron chi connectivity index (χ2n) is 8.97. The van der Waals surface area contributed by atoms with Crippen molar-refractivity contribution in [3.05, 3.63) is 52.9 Å². The lowest BCUT2D eigenvalue weighted by Crippen LogP contribution is -2.51. The van der Waals surface area contributed by atoms with Gasteiger partial charge in [-0.05, 0) is 31.0 Å². The lowest BCUT2D eigenvalue weighted by Gasteiger charge is -2.34. The van der Waals surface area contributed by atoms with Crippen LogP contribution in [0.5, 0.6) is 11.5 Å². The van der Waals surface area contributed by atoms with Crippen LogP contribution in [-0.4, -0.2) is 72.7 Å². The molecule has 0 saturated carbocycles. The summed E-state index contributed by atoms with van der Waals surface area (Å²) < 4.78 is 17.4. The Hall–Kier alpha value is -4.20. The molecule has 202 valence electrons. The van der Waals surface area contributed by atoms with Crippen LogP contribution >= 0.6 is 11.6 Å². The highest BCUT2D eigenvalue weighted by Crippen LogP contribution is 2.42. The number of rotatable bonds is 7. The number of amides is 2. The molecule has 1 fully saturated rings. The number of halogens is 1. The van der Waals surface area contributed by atoms with Gasteiger partial charge in [-0.25, -0.2) is 0 Å². The number of anilines is 2. The van der Waals surface area contributed by atoms with Crippen LogP contribution in [0.25, 0.3) is 11.3 Å². The minimum atomic E-state index is -0.309. The van der Waals surface area contributed by atoms with Crippen LogP contribution in [0.15, 0.2) is 36.7 Å². The van der Waals surface area contributed by atoms with Crippen molar-refractivity contribution < 1.29 is 23.8 Å². The fourth-order valence-corrected chi connectivity index (χ4v) is 5.03. The molecule has 3 aromatic rings. The first-order valence-electron chi connectivity index (χ1n) is 12.5. The number of carbonyl (C=O) groups excluding carboxylic acids is 2. The van der Waals surface area contributed by atoms with Crippen molar-refractivity contribution in [3.8, 4) is 34.6 Å². The Morgan fingerprint density at radius 1 is 1.36 bits per heavy atom. The summed E-state index contributed by atoms with van der Waals surface area (Å²) in [5.41, 5.74) is 3.83. The van der Waals surface area contributed by atoms with Gasteiger partial charge in [0.2, 0.25) is 0 Å². The maximum absolute atomic E-state index is 13.0. The van der Waals surface area contributed by atoms with Crippen molar-refractivity contribution in [2.75, 3.05) is 45.3 Å². The number of benzene rings is 1. The standard InChI is InChI=1S/C28H28ClN5O5/c1-3-5-23(35)34-12-13-38-15-17(34)16-39-22-14-30-10-8-18(22)25-26(24-20(32-25)9-11-31-28(24)36)33-21-7-4-6-19(29)27(21)37-2/h4,6-8,10,14,17,32-33H,9,11-13,15-16H2,1-2H3,(H,31,36)/t17-/m1/s1. The van der Waals surface area contributed by atoms with E-state index in [-0.39, 0.29) is 24.5 Å². The zero-order valence-corrected chi connectivity index (χ0v) is 22.4. The Labute approximate surface area is 231 Å². The summed E-state index contributed by atoms with van der Waals surface area (Å²) in [5, 5.41) is 6.73. The minimum absolute atomic E-state index is 0.182. The van der Waals surface area contributed by atoms with E-state index in [0.29, 0.717) is 77.4 Å². The highest BCUT2D eigenvalue weighted by Gasteiger charge is 2.30. The predicted octanol–water partition coefficient (Wildman–Crippen LogP) is 3.40. The van der Waals surface area contributed by atoms with E-state index in [0.717, 1.165) is 5.69 Å². The number of aromatic nitrogens is 2. The molecule has 4 heterocycles. The minimum Gasteiger partial charge on any atom is -0.493 e. The third kappa shape index (κ3) is 5.37. The zero-order valence-electron chi connectivity index (χ0n) is 21.6. The molecular weight excluding hydrogens is 522 g/mol. The predicted molar refractivity (Wildman–Crippen MR) is 147 cm³/mol. The summed E-state index contributed by atoms with van der Waals surface area (Å²) in [6.45, 7) is 3.57. The number of nitrogens with zero attached hydrogens (tertiary/aromatic N) is 2. The fourth-order valence-electron chi connectivity index (χ4n) is 4.78. The van der Waals surface area contributed by atoms with E-state index in [4.69, 9.17) is 25.8 Å². The number of morpholine rings is 1. The maximum Gasteiger partial charge on any atom is 0.298 e. The van der Waals surface area contributed by atoms with E-state index < -0.39 is 0 Å². The molecule has 2 amide bonds. The van der Waals surface area contributed by atoms with Gasteiger partial charge in [-0.3, -0.25) is 14.6 Å². The lowest BCUT2D eigenvalue weighted by molar-refractivity contribution is -0.134. The zero-order chi connectivity index (χ0) is 27.4. The molecule has 10 nitrogen and oxygen atoms in total. The number of fused-ring (bicyclic) bond motifs is 1. The Morgan fingerprint density at radius 3 is 3.05 bits per heavy atom. The first kappa shape index (κ1) is 26.4. The molecule has 1 atom stereocenters. The number of ether oxygens (including phenoxy) is 3. The third-order valence-corrected chi connectivity index (χ3v) is 6.90. The number of carbonyl (C=O) groups is 2. The number of pyridine rings is 1. The Balaban J connectivity index is 1.51. The quantitative estimate of drug-likeness (QED) is 0.387. The molecule has 11 heteroatoms. The molecule has 0 bridgehead atoms. The van der Waals surface area contributed by atoms with Crippen LogP contribution in [0.3, 0.4) is 0 Å². The van der Waals surface area contributed by atoms with Gasteiger partial charge in [0.25, 0.3) is 11.8 Å². The molecule has 39 heavy (non-hydrogen) atoms. The second-order valence-corrected chi connectivity index (χ2v) is 9.37. The number of methoxy groups -OCH3 is 1. The van der Waals surface area contributed by atoms with Crippen molar-refractivity contribution in [2.24, 2.45) is 0 Å². The number of hydrogen-bond acceptors (Lipinski definition) is 7. The van der Waals surface area contributed by atoms with Gasteiger partial charge in [-0.2, -0.15) is 0 Å². The normalized spacial score (nSPS) is 16.4. The summed E-state index contributed by atoms with van der Waals surface area (Å²) in [6, 6.07) is 6.86. The molecule has 0 unspecified atom stereocenters. The molecule has 0 spiro atoms. The van der Waals surface area contributed by atoms with E-state index in [1.807, 2.05) is 12.1 Å². The fraction of sp³-hybridized carbons (Fsp3) is 0.321. The average Bonchev–Trinajstić information content (AvgIpc) is 3.31. The van der Waals surface area contributed by atoms with Crippen molar-refractivity contribution >= 4 is 34.8 Å². The number of hydrogen-bond donors (Lipinski definition) is 3. The Kier molecular flexibility index (Phi) is 7.91. The van der Waals surface area contributed by atoms with Gasteiger partial charge < -0.3 is 34.7 Å². The summed E-state index contributed by atoms with van der Waals surface area (Å²) in [7, 11) is 1.54. The molecule has 2 aromatic heterocycles. The highest BCUT2D eigenvalue weighted by atomic mass is 35.5. The van der Waals surface area contributed by atoms with Gasteiger partial charge in [0.15, 0.2) is 5.75 Å². The SMILES string of the molecule is CC#CC(=O)N1CCOC[C@@H]1COc1cnccc1-c1[nH]c2c(c1Nc1cccc(Cl)c1OC)C(=O)NCC2. The molecule has 2 aliphatic rings. The molecular formula is C28H28ClN5O5. The first-order valence-corrected chi connectivity index (χ1v) is 12.9. The van der Waals surface area contributed by atoms with E-state index >= 15 is 0 Å². The van der Waals surface area contributed by atoms with Crippen LogP contribution in [0.4, 0.5) is 11.4 Å². The number of para-hydroxylation sites is 1. The van der Waals surface area contributed by atoms with Gasteiger partial charge >= 0.3 is 0 Å². The van der Waals surface area contributed by atoms with Crippen LogP contribution in [0, 0.1) is 11.8 Å². The van der Waals surface area contributed by atoms with Gasteiger partial charge in [-0.15, -0.1) is 0 Å². The van der Waals surface area contributed by atoms with Gasteiger partial charge in [-0.1, -0.05) is 23.6 Å². The smallest absolute Gasteiger partial charge is 0.298 e. The van der Waals surface area contributed by atoms with Crippen molar-refractivity contribution in [1.29, 1.82) is 0 Å². The van der Waals surface area contributed by atoms with Gasteiger partial charge in [0, 0.05) is 37.0 Å². The van der Waals surface area contributed by atoms with Crippen LogP contribution in [0.1, 0.15) is 23.0 Å². The Morgan fingerprint density at radius 2 is 2.23 bits per heavy atom. The van der Waals surface area contributed by atoms with Crippen LogP contribution < -0.4 is 20.1 Å². The highest BCUT2D eigenvalue weighted by molar-refractivity contribution is 6.32. The third-order valence-electron chi connectivity index (χ3n) is 6.60. The largest absolute Gasteiger partial charge is 0.493 e. The maximum atomic E-state index is 13.0. The van der Waals surface area contributed by atoms with E-state index in [9.17, 15) is 9.59 Å². The molecule has 3 N–H and O–H groups in total. The lowest BCUT2D eigenvalue weighted by atomic mass is 10.0. The average molecular weight is 550 g/mol. The first-order chi connectivity index (χ1) is 19.0. The molecule has 0 aliphatic carbocycles. The summed E-state index contributed by atoms with van der Waals surface area (Å²) in [4.78, 5) is 34.9. The van der Waals surface area contributed by atoms with Gasteiger partial charge in [0.05, 0.1) is 60.2 Å². The van der Waals surface area contributed by atoms with E-state index in [2.05, 4.69) is 32.4 Å². The van der Waals surface area contributed by atoms with Crippen molar-refractivity contribution in [3.63, 3.8) is 0 Å². The molecule has 0 radical (unpaired) electrons. The number of nitrogens with one attached hydrogen (secondary N) is 3. The van der Waals surface area contributed by atoms with Crippen LogP contribution in [0.2, 0.25) is 5.02 Å². The number of aromatic amines is 1. The summed E-state index contributed by atoms with van der Waals surface area (Å²) in [6.07, 6.45) is 3.90. The monoisotopic (exact) mass is 549 g/mol. The van der Waals surface area contributed by atoms with E-state index in [1.54, 1.807) is 36.4 Å². The topological polar surface area (TPSA) is 118 Å². The molecule has 5 rings (SSSR count). The van der Waals surface area contributed by atoms with E-state index in [1.165, 1.54) is 7.11 Å². The molecule has 2 aliphatic heterocycles. The number of H-pyrrole nitrogens is 1. The summed E-state index contributed by atoms with van der Waals surface area (Å²) >= 11 is 6.37. The van der Waals surface area contributed by atoms with Crippen molar-refractivity contribution in [1.82, 2.24) is 20.2 Å². The molecule has 1 saturated heterocycles.